The van der Waals surface area contributed by atoms with E-state index in [1.807, 2.05) is 7.05 Å². The molecule has 4 rings (SSSR count). The SMILES string of the molecule is CNc1cc2nc3c(cnn13)C(=O)NCCCC1CC(N2)C(=O)N1C. The average molecular weight is 343 g/mol. The number of amides is 2. The molecule has 2 amide bonds. The van der Waals surface area contributed by atoms with Gasteiger partial charge in [-0.1, -0.05) is 0 Å². The lowest BCUT2D eigenvalue weighted by Crippen LogP contribution is -2.34. The van der Waals surface area contributed by atoms with Crippen LogP contribution in [0.1, 0.15) is 29.6 Å². The minimum absolute atomic E-state index is 0.0764. The van der Waals surface area contributed by atoms with Crippen molar-refractivity contribution in [2.75, 3.05) is 31.3 Å². The molecule has 4 bridgehead atoms. The monoisotopic (exact) mass is 343 g/mol. The van der Waals surface area contributed by atoms with Crippen LogP contribution in [0.2, 0.25) is 0 Å². The quantitative estimate of drug-likeness (QED) is 0.688. The fourth-order valence-electron chi connectivity index (χ4n) is 3.58. The van der Waals surface area contributed by atoms with Crippen LogP contribution in [0.15, 0.2) is 12.3 Å². The molecular weight excluding hydrogens is 322 g/mol. The van der Waals surface area contributed by atoms with E-state index >= 15 is 0 Å². The van der Waals surface area contributed by atoms with E-state index in [1.54, 1.807) is 22.5 Å². The van der Waals surface area contributed by atoms with Crippen LogP contribution in [0.4, 0.5) is 11.6 Å². The molecule has 2 atom stereocenters. The Morgan fingerprint density at radius 3 is 3.00 bits per heavy atom. The molecule has 0 radical (unpaired) electrons. The Morgan fingerprint density at radius 1 is 1.36 bits per heavy atom. The molecule has 2 aromatic rings. The van der Waals surface area contributed by atoms with Gasteiger partial charge in [0.15, 0.2) is 5.65 Å². The minimum atomic E-state index is -0.301. The minimum Gasteiger partial charge on any atom is -0.373 e. The lowest BCUT2D eigenvalue weighted by Gasteiger charge is -2.19. The van der Waals surface area contributed by atoms with Crippen molar-refractivity contribution in [1.29, 1.82) is 0 Å². The topological polar surface area (TPSA) is 104 Å². The van der Waals surface area contributed by atoms with Gasteiger partial charge in [-0.3, -0.25) is 9.59 Å². The third-order valence-electron chi connectivity index (χ3n) is 5.00. The van der Waals surface area contributed by atoms with Crippen LogP contribution in [0.25, 0.3) is 5.65 Å². The zero-order valence-electron chi connectivity index (χ0n) is 14.2. The third-order valence-corrected chi connectivity index (χ3v) is 5.00. The van der Waals surface area contributed by atoms with Crippen LogP contribution in [0.3, 0.4) is 0 Å². The van der Waals surface area contributed by atoms with Crippen molar-refractivity contribution in [3.63, 3.8) is 0 Å². The van der Waals surface area contributed by atoms with Gasteiger partial charge < -0.3 is 20.9 Å². The molecule has 1 saturated heterocycles. The number of hydrogen-bond donors (Lipinski definition) is 3. The number of hydrogen-bond acceptors (Lipinski definition) is 6. The van der Waals surface area contributed by atoms with E-state index < -0.39 is 0 Å². The van der Waals surface area contributed by atoms with Gasteiger partial charge in [0, 0.05) is 32.7 Å². The lowest BCUT2D eigenvalue weighted by molar-refractivity contribution is -0.128. The molecule has 0 saturated carbocycles. The molecule has 2 unspecified atom stereocenters. The van der Waals surface area contributed by atoms with Gasteiger partial charge in [-0.05, 0) is 19.3 Å². The highest BCUT2D eigenvalue weighted by Gasteiger charge is 2.37. The number of carbonyl (C=O) groups is 2. The van der Waals surface area contributed by atoms with E-state index in [9.17, 15) is 9.59 Å². The average Bonchev–Trinajstić information content (AvgIpc) is 3.14. The smallest absolute Gasteiger partial charge is 0.256 e. The molecule has 25 heavy (non-hydrogen) atoms. The summed E-state index contributed by atoms with van der Waals surface area (Å²) in [6, 6.07) is 1.67. The number of likely N-dealkylation sites (tertiary alicyclic amines) is 1. The first-order chi connectivity index (χ1) is 12.1. The fourth-order valence-corrected chi connectivity index (χ4v) is 3.58. The van der Waals surface area contributed by atoms with Crippen LogP contribution < -0.4 is 16.0 Å². The van der Waals surface area contributed by atoms with Crippen LogP contribution in [-0.4, -0.2) is 64.0 Å². The summed E-state index contributed by atoms with van der Waals surface area (Å²) in [4.78, 5) is 31.3. The van der Waals surface area contributed by atoms with Crippen molar-refractivity contribution in [2.24, 2.45) is 0 Å². The predicted octanol–water partition coefficient (Wildman–Crippen LogP) is 0.306. The van der Waals surface area contributed by atoms with Gasteiger partial charge in [0.25, 0.3) is 5.91 Å². The molecule has 1 fully saturated rings. The summed E-state index contributed by atoms with van der Waals surface area (Å²) in [7, 11) is 3.61. The summed E-state index contributed by atoms with van der Waals surface area (Å²) in [5.74, 6) is 1.14. The van der Waals surface area contributed by atoms with Gasteiger partial charge in [-0.25, -0.2) is 4.98 Å². The van der Waals surface area contributed by atoms with E-state index in [0.29, 0.717) is 29.4 Å². The number of fused-ring (bicyclic) bond motifs is 3. The summed E-state index contributed by atoms with van der Waals surface area (Å²) in [6.45, 7) is 0.561. The van der Waals surface area contributed by atoms with Crippen molar-refractivity contribution >= 4 is 29.1 Å². The number of aromatic nitrogens is 3. The maximum absolute atomic E-state index is 12.5. The van der Waals surface area contributed by atoms with Crippen molar-refractivity contribution in [3.8, 4) is 0 Å². The summed E-state index contributed by atoms with van der Waals surface area (Å²) >= 11 is 0. The summed E-state index contributed by atoms with van der Waals surface area (Å²) in [5.41, 5.74) is 0.884. The number of nitrogens with zero attached hydrogens (tertiary/aromatic N) is 4. The predicted molar refractivity (Wildman–Crippen MR) is 92.7 cm³/mol. The van der Waals surface area contributed by atoms with Crippen LogP contribution >= 0.6 is 0 Å². The number of carbonyl (C=O) groups excluding carboxylic acids is 2. The number of rotatable bonds is 1. The lowest BCUT2D eigenvalue weighted by atomic mass is 10.1. The Morgan fingerprint density at radius 2 is 2.20 bits per heavy atom. The Kier molecular flexibility index (Phi) is 3.70. The van der Waals surface area contributed by atoms with Crippen molar-refractivity contribution in [2.45, 2.75) is 31.3 Å². The zero-order chi connectivity index (χ0) is 17.6. The molecule has 0 spiro atoms. The highest BCUT2D eigenvalue weighted by Crippen LogP contribution is 2.26. The first-order valence-corrected chi connectivity index (χ1v) is 8.46. The van der Waals surface area contributed by atoms with Gasteiger partial charge in [0.05, 0.1) is 6.20 Å². The molecule has 2 aliphatic rings. The standard InChI is InChI=1S/C16H21N7O2/c1-17-13-7-12-20-11-6-9(22(2)16(11)25)4-3-5-18-15(24)10-8-19-23(13)14(10)21-12/h7-9,11,17H,3-6H2,1-2H3,(H,18,24)(H,20,21). The Balaban J connectivity index is 1.81. The van der Waals surface area contributed by atoms with Gasteiger partial charge in [0.1, 0.15) is 23.2 Å². The highest BCUT2D eigenvalue weighted by molar-refractivity contribution is 6.00. The Hall–Kier alpha value is -2.84. The first-order valence-electron chi connectivity index (χ1n) is 8.46. The van der Waals surface area contributed by atoms with Gasteiger partial charge >= 0.3 is 0 Å². The zero-order valence-corrected chi connectivity index (χ0v) is 14.2. The van der Waals surface area contributed by atoms with E-state index in [2.05, 4.69) is 26.0 Å². The van der Waals surface area contributed by atoms with E-state index in [1.165, 1.54) is 6.20 Å². The number of likely N-dealkylation sites (N-methyl/N-ethyl adjacent to an activating group) is 1. The number of nitrogens with one attached hydrogen (secondary N) is 3. The second-order valence-electron chi connectivity index (χ2n) is 6.50. The van der Waals surface area contributed by atoms with Gasteiger partial charge in [-0.2, -0.15) is 9.61 Å². The Labute approximate surface area is 144 Å². The Bertz CT molecular complexity index is 846. The highest BCUT2D eigenvalue weighted by atomic mass is 16.2. The largest absolute Gasteiger partial charge is 0.373 e. The maximum atomic E-state index is 12.5. The molecule has 0 aliphatic carbocycles. The molecule has 9 heteroatoms. The van der Waals surface area contributed by atoms with Crippen molar-refractivity contribution in [1.82, 2.24) is 24.8 Å². The molecule has 4 heterocycles. The molecule has 2 aromatic heterocycles. The van der Waals surface area contributed by atoms with E-state index in [-0.39, 0.29) is 23.9 Å². The third kappa shape index (κ3) is 2.55. The fraction of sp³-hybridized carbons (Fsp3) is 0.500. The normalized spacial score (nSPS) is 23.7. The molecule has 9 nitrogen and oxygen atoms in total. The molecule has 0 aromatic carbocycles. The van der Waals surface area contributed by atoms with Crippen molar-refractivity contribution < 1.29 is 9.59 Å². The van der Waals surface area contributed by atoms with Crippen LogP contribution in [0, 0.1) is 0 Å². The van der Waals surface area contributed by atoms with Crippen molar-refractivity contribution in [3.05, 3.63) is 17.8 Å². The first kappa shape index (κ1) is 15.7. The maximum Gasteiger partial charge on any atom is 0.256 e. The van der Waals surface area contributed by atoms with E-state index in [4.69, 9.17) is 0 Å². The van der Waals surface area contributed by atoms with Crippen LogP contribution in [0.5, 0.6) is 0 Å². The van der Waals surface area contributed by atoms with Crippen LogP contribution in [-0.2, 0) is 4.79 Å². The molecule has 3 N–H and O–H groups in total. The van der Waals surface area contributed by atoms with E-state index in [0.717, 1.165) is 19.3 Å². The second-order valence-corrected chi connectivity index (χ2v) is 6.50. The molecular formula is C16H21N7O2. The summed E-state index contributed by atoms with van der Waals surface area (Å²) < 4.78 is 1.59. The summed E-state index contributed by atoms with van der Waals surface area (Å²) in [6.07, 6.45) is 3.93. The molecule has 132 valence electrons. The van der Waals surface area contributed by atoms with Gasteiger partial charge in [0.2, 0.25) is 5.91 Å². The second kappa shape index (κ2) is 5.91. The number of anilines is 2. The summed E-state index contributed by atoms with van der Waals surface area (Å²) in [5, 5.41) is 13.5. The van der Waals surface area contributed by atoms with Gasteiger partial charge in [-0.15, -0.1) is 0 Å². The molecule has 2 aliphatic heterocycles.